The molecule has 11 heteroatoms. The maximum Gasteiger partial charge on any atom is 0.409 e. The molecule has 0 atom stereocenters. The van der Waals surface area contributed by atoms with Crippen LogP contribution in [0.15, 0.2) is 23.0 Å². The third-order valence-corrected chi connectivity index (χ3v) is 5.10. The molecule has 1 aliphatic heterocycles. The normalized spacial score (nSPS) is 14.3. The van der Waals surface area contributed by atoms with Crippen LogP contribution in [0.4, 0.5) is 4.79 Å². The van der Waals surface area contributed by atoms with Crippen molar-refractivity contribution < 1.29 is 24.3 Å². The zero-order chi connectivity index (χ0) is 22.4. The summed E-state index contributed by atoms with van der Waals surface area (Å²) in [6.07, 6.45) is 2.52. The summed E-state index contributed by atoms with van der Waals surface area (Å²) in [6.45, 7) is 3.33. The van der Waals surface area contributed by atoms with Crippen LogP contribution in [0.3, 0.4) is 0 Å². The lowest BCUT2D eigenvalue weighted by Gasteiger charge is -2.31. The molecular weight excluding hydrogens is 406 g/mol. The topological polar surface area (TPSA) is 154 Å². The van der Waals surface area contributed by atoms with E-state index in [-0.39, 0.29) is 34.4 Å². The SMILES string of the molecule is CCCCOC(=O)N1CCC(NC(=O)c2nc3cc(C(=O)NO)ccc3c(=O)[nH]2)CC1. The van der Waals surface area contributed by atoms with Crippen LogP contribution in [0.25, 0.3) is 10.9 Å². The Bertz CT molecular complexity index is 1030. The Balaban J connectivity index is 1.63. The first-order valence-corrected chi connectivity index (χ1v) is 10.1. The number of nitrogens with one attached hydrogen (secondary N) is 3. The molecule has 3 amide bonds. The number of likely N-dealkylation sites (tertiary alicyclic amines) is 1. The molecule has 2 aromatic rings. The van der Waals surface area contributed by atoms with Gasteiger partial charge < -0.3 is 19.9 Å². The Morgan fingerprint density at radius 3 is 2.68 bits per heavy atom. The van der Waals surface area contributed by atoms with Crippen LogP contribution in [0.5, 0.6) is 0 Å². The van der Waals surface area contributed by atoms with E-state index in [1.54, 1.807) is 4.90 Å². The van der Waals surface area contributed by atoms with Gasteiger partial charge in [-0.3, -0.25) is 19.6 Å². The Kier molecular flexibility index (Phi) is 7.19. The molecule has 2 heterocycles. The first-order valence-electron chi connectivity index (χ1n) is 10.1. The molecule has 1 aliphatic rings. The Labute approximate surface area is 177 Å². The van der Waals surface area contributed by atoms with Crippen molar-refractivity contribution in [2.45, 2.75) is 38.6 Å². The fourth-order valence-corrected chi connectivity index (χ4v) is 3.31. The largest absolute Gasteiger partial charge is 0.449 e. The molecule has 1 aromatic heterocycles. The van der Waals surface area contributed by atoms with Gasteiger partial charge in [0.25, 0.3) is 17.4 Å². The summed E-state index contributed by atoms with van der Waals surface area (Å²) in [6, 6.07) is 3.89. The van der Waals surface area contributed by atoms with Crippen LogP contribution in [0, 0.1) is 0 Å². The third-order valence-electron chi connectivity index (χ3n) is 5.10. The van der Waals surface area contributed by atoms with Gasteiger partial charge in [0.1, 0.15) is 0 Å². The van der Waals surface area contributed by atoms with Crippen LogP contribution < -0.4 is 16.4 Å². The van der Waals surface area contributed by atoms with Crippen LogP contribution in [-0.2, 0) is 4.74 Å². The van der Waals surface area contributed by atoms with E-state index < -0.39 is 17.4 Å². The first kappa shape index (κ1) is 22.2. The summed E-state index contributed by atoms with van der Waals surface area (Å²) in [4.78, 5) is 56.7. The summed E-state index contributed by atoms with van der Waals surface area (Å²) < 4.78 is 5.20. The van der Waals surface area contributed by atoms with Crippen molar-refractivity contribution in [1.82, 2.24) is 25.7 Å². The van der Waals surface area contributed by atoms with Gasteiger partial charge in [0.2, 0.25) is 0 Å². The number of fused-ring (bicyclic) bond motifs is 1. The quantitative estimate of drug-likeness (QED) is 0.304. The summed E-state index contributed by atoms with van der Waals surface area (Å²) >= 11 is 0. The fraction of sp³-hybridized carbons (Fsp3) is 0.450. The molecule has 3 rings (SSSR count). The predicted octanol–water partition coefficient (Wildman–Crippen LogP) is 1.17. The van der Waals surface area contributed by atoms with Gasteiger partial charge in [-0.25, -0.2) is 15.3 Å². The van der Waals surface area contributed by atoms with E-state index >= 15 is 0 Å². The second-order valence-electron chi connectivity index (χ2n) is 7.29. The number of hydrogen-bond donors (Lipinski definition) is 4. The fourth-order valence-electron chi connectivity index (χ4n) is 3.31. The van der Waals surface area contributed by atoms with E-state index in [0.717, 1.165) is 12.8 Å². The van der Waals surface area contributed by atoms with E-state index in [4.69, 9.17) is 9.94 Å². The molecule has 11 nitrogen and oxygen atoms in total. The molecular formula is C20H25N5O6. The number of nitrogens with zero attached hydrogens (tertiary/aromatic N) is 2. The molecule has 1 aromatic carbocycles. The number of piperidine rings is 1. The highest BCUT2D eigenvalue weighted by atomic mass is 16.6. The summed E-state index contributed by atoms with van der Waals surface area (Å²) in [5, 5.41) is 11.8. The number of ether oxygens (including phenoxy) is 1. The Morgan fingerprint density at radius 2 is 2.00 bits per heavy atom. The van der Waals surface area contributed by atoms with E-state index in [2.05, 4.69) is 15.3 Å². The van der Waals surface area contributed by atoms with Crippen LogP contribution >= 0.6 is 0 Å². The summed E-state index contributed by atoms with van der Waals surface area (Å²) in [5.74, 6) is -1.49. The van der Waals surface area contributed by atoms with E-state index in [0.29, 0.717) is 32.5 Å². The van der Waals surface area contributed by atoms with Gasteiger partial charge in [0, 0.05) is 24.7 Å². The van der Waals surface area contributed by atoms with Gasteiger partial charge in [0.05, 0.1) is 17.5 Å². The van der Waals surface area contributed by atoms with Crippen LogP contribution in [0.1, 0.15) is 53.6 Å². The first-order chi connectivity index (χ1) is 14.9. The molecule has 0 aliphatic carbocycles. The lowest BCUT2D eigenvalue weighted by atomic mass is 10.1. The number of aromatic nitrogens is 2. The maximum absolute atomic E-state index is 12.6. The van der Waals surface area contributed by atoms with Crippen LogP contribution in [-0.4, -0.2) is 63.7 Å². The molecule has 1 saturated heterocycles. The zero-order valence-electron chi connectivity index (χ0n) is 17.1. The minimum atomic E-state index is -0.755. The molecule has 4 N–H and O–H groups in total. The van der Waals surface area contributed by atoms with Crippen molar-refractivity contribution in [2.24, 2.45) is 0 Å². The van der Waals surface area contributed by atoms with Crippen molar-refractivity contribution in [1.29, 1.82) is 0 Å². The summed E-state index contributed by atoms with van der Waals surface area (Å²) in [7, 11) is 0. The highest BCUT2D eigenvalue weighted by molar-refractivity contribution is 5.98. The van der Waals surface area contributed by atoms with Gasteiger partial charge in [-0.2, -0.15) is 0 Å². The number of unbranched alkanes of at least 4 members (excludes halogenated alkanes) is 1. The highest BCUT2D eigenvalue weighted by Gasteiger charge is 2.25. The van der Waals surface area contributed by atoms with Crippen molar-refractivity contribution >= 4 is 28.8 Å². The number of hydrogen-bond acceptors (Lipinski definition) is 7. The number of amides is 3. The molecule has 0 radical (unpaired) electrons. The average molecular weight is 431 g/mol. The third kappa shape index (κ3) is 5.37. The molecule has 0 saturated carbocycles. The standard InChI is InChI=1S/C20H25N5O6/c1-2-3-10-31-20(29)25-8-6-13(7-9-25)21-19(28)16-22-15-11-12(17(26)24-30)4-5-14(15)18(27)23-16/h4-5,11,13,30H,2-3,6-10H2,1H3,(H,21,28)(H,24,26)(H,22,23,27). The number of aromatic amines is 1. The summed E-state index contributed by atoms with van der Waals surface area (Å²) in [5.41, 5.74) is 1.24. The van der Waals surface area contributed by atoms with Gasteiger partial charge in [-0.1, -0.05) is 13.3 Å². The molecule has 0 spiro atoms. The van der Waals surface area contributed by atoms with Gasteiger partial charge in [-0.15, -0.1) is 0 Å². The molecule has 1 fully saturated rings. The number of carbonyl (C=O) groups is 3. The minimum absolute atomic E-state index is 0.0950. The van der Waals surface area contributed by atoms with Crippen LogP contribution in [0.2, 0.25) is 0 Å². The second kappa shape index (κ2) is 10.0. The average Bonchev–Trinajstić information content (AvgIpc) is 2.78. The molecule has 31 heavy (non-hydrogen) atoms. The molecule has 0 bridgehead atoms. The number of carbonyl (C=O) groups excluding carboxylic acids is 3. The minimum Gasteiger partial charge on any atom is -0.449 e. The lowest BCUT2D eigenvalue weighted by molar-refractivity contribution is 0.0706. The number of benzene rings is 1. The number of H-pyrrole nitrogens is 1. The zero-order valence-corrected chi connectivity index (χ0v) is 17.1. The molecule has 166 valence electrons. The predicted molar refractivity (Wildman–Crippen MR) is 110 cm³/mol. The van der Waals surface area contributed by atoms with Crippen molar-refractivity contribution in [3.05, 3.63) is 39.9 Å². The van der Waals surface area contributed by atoms with Crippen molar-refractivity contribution in [3.8, 4) is 0 Å². The lowest BCUT2D eigenvalue weighted by Crippen LogP contribution is -2.47. The second-order valence-corrected chi connectivity index (χ2v) is 7.29. The number of rotatable bonds is 6. The van der Waals surface area contributed by atoms with E-state index in [1.165, 1.54) is 23.7 Å². The van der Waals surface area contributed by atoms with Gasteiger partial charge in [-0.05, 0) is 37.5 Å². The smallest absolute Gasteiger partial charge is 0.409 e. The molecule has 0 unspecified atom stereocenters. The van der Waals surface area contributed by atoms with E-state index in [1.807, 2.05) is 6.92 Å². The Morgan fingerprint density at radius 1 is 1.26 bits per heavy atom. The Hall–Kier alpha value is -3.47. The number of hydroxylamine groups is 1. The van der Waals surface area contributed by atoms with Crippen molar-refractivity contribution in [3.63, 3.8) is 0 Å². The van der Waals surface area contributed by atoms with Gasteiger partial charge in [0.15, 0.2) is 5.82 Å². The monoisotopic (exact) mass is 431 g/mol. The highest BCUT2D eigenvalue weighted by Crippen LogP contribution is 2.14. The maximum atomic E-state index is 12.6. The van der Waals surface area contributed by atoms with Crippen molar-refractivity contribution in [2.75, 3.05) is 19.7 Å². The van der Waals surface area contributed by atoms with E-state index in [9.17, 15) is 19.2 Å². The van der Waals surface area contributed by atoms with Gasteiger partial charge >= 0.3 is 6.09 Å².